The van der Waals surface area contributed by atoms with Gasteiger partial charge in [-0.1, -0.05) is 0 Å². The van der Waals surface area contributed by atoms with E-state index >= 15 is 0 Å². The minimum absolute atomic E-state index is 0.135. The van der Waals surface area contributed by atoms with E-state index in [0.717, 1.165) is 12.8 Å². The maximum atomic E-state index is 11.5. The molecule has 0 radical (unpaired) electrons. The molecule has 0 aliphatic rings. The Morgan fingerprint density at radius 3 is 2.47 bits per heavy atom. The van der Waals surface area contributed by atoms with Crippen molar-refractivity contribution in [3.8, 4) is 0 Å². The summed E-state index contributed by atoms with van der Waals surface area (Å²) in [5, 5.41) is 9.08. The SMILES string of the molecule is CC(N)CCCC(=O)N(C)CCC(C)O. The van der Waals surface area contributed by atoms with E-state index in [1.54, 1.807) is 18.9 Å². The first kappa shape index (κ1) is 14.4. The molecule has 0 aromatic heterocycles. The average Bonchev–Trinajstić information content (AvgIpc) is 2.13. The Kier molecular flexibility index (Phi) is 7.34. The Morgan fingerprint density at radius 1 is 1.40 bits per heavy atom. The summed E-state index contributed by atoms with van der Waals surface area (Å²) in [4.78, 5) is 13.2. The van der Waals surface area contributed by atoms with Gasteiger partial charge in [0.15, 0.2) is 0 Å². The second kappa shape index (κ2) is 7.65. The van der Waals surface area contributed by atoms with E-state index in [1.807, 2.05) is 6.92 Å². The van der Waals surface area contributed by atoms with Crippen molar-refractivity contribution < 1.29 is 9.90 Å². The summed E-state index contributed by atoms with van der Waals surface area (Å²) in [6.45, 7) is 4.30. The Balaban J connectivity index is 3.60. The summed E-state index contributed by atoms with van der Waals surface area (Å²) < 4.78 is 0. The molecule has 0 saturated carbocycles. The Hall–Kier alpha value is -0.610. The van der Waals surface area contributed by atoms with E-state index in [0.29, 0.717) is 19.4 Å². The highest BCUT2D eigenvalue weighted by atomic mass is 16.3. The van der Waals surface area contributed by atoms with Crippen LogP contribution in [0.15, 0.2) is 0 Å². The van der Waals surface area contributed by atoms with E-state index in [1.165, 1.54) is 0 Å². The van der Waals surface area contributed by atoms with Crippen molar-refractivity contribution in [3.63, 3.8) is 0 Å². The van der Waals surface area contributed by atoms with Gasteiger partial charge in [0.25, 0.3) is 0 Å². The molecular formula is C11H24N2O2. The number of nitrogens with two attached hydrogens (primary N) is 1. The fraction of sp³-hybridized carbons (Fsp3) is 0.909. The van der Waals surface area contributed by atoms with Gasteiger partial charge >= 0.3 is 0 Å². The van der Waals surface area contributed by atoms with Crippen LogP contribution in [0.25, 0.3) is 0 Å². The van der Waals surface area contributed by atoms with E-state index < -0.39 is 0 Å². The third-order valence-electron chi connectivity index (χ3n) is 2.36. The van der Waals surface area contributed by atoms with Gasteiger partial charge in [-0.15, -0.1) is 0 Å². The summed E-state index contributed by atoms with van der Waals surface area (Å²) >= 11 is 0. The number of aliphatic hydroxyl groups excluding tert-OH is 1. The molecule has 3 N–H and O–H groups in total. The number of hydrogen-bond acceptors (Lipinski definition) is 3. The molecule has 4 nitrogen and oxygen atoms in total. The molecule has 0 aliphatic heterocycles. The van der Waals surface area contributed by atoms with Crippen molar-refractivity contribution in [2.24, 2.45) is 5.73 Å². The predicted octanol–water partition coefficient (Wildman–Crippen LogP) is 0.733. The number of amides is 1. The summed E-state index contributed by atoms with van der Waals surface area (Å²) in [6, 6.07) is 0.167. The van der Waals surface area contributed by atoms with Crippen molar-refractivity contribution in [2.45, 2.75) is 51.7 Å². The van der Waals surface area contributed by atoms with Gasteiger partial charge in [-0.05, 0) is 33.1 Å². The van der Waals surface area contributed by atoms with Crippen LogP contribution in [-0.2, 0) is 4.79 Å². The highest BCUT2D eigenvalue weighted by molar-refractivity contribution is 5.75. The van der Waals surface area contributed by atoms with Crippen LogP contribution in [0.1, 0.15) is 39.5 Å². The number of rotatable bonds is 7. The molecule has 0 aromatic carbocycles. The number of aliphatic hydroxyl groups is 1. The lowest BCUT2D eigenvalue weighted by Crippen LogP contribution is -2.29. The fourth-order valence-electron chi connectivity index (χ4n) is 1.27. The van der Waals surface area contributed by atoms with Crippen molar-refractivity contribution in [1.29, 1.82) is 0 Å². The molecular weight excluding hydrogens is 192 g/mol. The summed E-state index contributed by atoms with van der Waals surface area (Å²) in [5.41, 5.74) is 5.60. The normalized spacial score (nSPS) is 14.7. The monoisotopic (exact) mass is 216 g/mol. The second-order valence-corrected chi connectivity index (χ2v) is 4.32. The maximum Gasteiger partial charge on any atom is 0.222 e. The van der Waals surface area contributed by atoms with E-state index in [4.69, 9.17) is 10.8 Å². The molecule has 0 bridgehead atoms. The van der Waals surface area contributed by atoms with Crippen LogP contribution in [0.2, 0.25) is 0 Å². The van der Waals surface area contributed by atoms with Crippen molar-refractivity contribution in [1.82, 2.24) is 4.90 Å². The molecule has 0 fully saturated rings. The van der Waals surface area contributed by atoms with Crippen LogP contribution in [0, 0.1) is 0 Å². The molecule has 90 valence electrons. The predicted molar refractivity (Wildman–Crippen MR) is 61.4 cm³/mol. The van der Waals surface area contributed by atoms with Gasteiger partial charge in [0.2, 0.25) is 5.91 Å². The molecule has 1 amide bonds. The molecule has 0 rings (SSSR count). The smallest absolute Gasteiger partial charge is 0.222 e. The Bertz CT molecular complexity index is 181. The van der Waals surface area contributed by atoms with Crippen LogP contribution in [0.5, 0.6) is 0 Å². The lowest BCUT2D eigenvalue weighted by molar-refractivity contribution is -0.130. The van der Waals surface area contributed by atoms with Gasteiger partial charge < -0.3 is 15.7 Å². The highest BCUT2D eigenvalue weighted by Crippen LogP contribution is 2.02. The van der Waals surface area contributed by atoms with Crippen LogP contribution in [0.4, 0.5) is 0 Å². The van der Waals surface area contributed by atoms with Gasteiger partial charge in [-0.2, -0.15) is 0 Å². The van der Waals surface area contributed by atoms with E-state index in [-0.39, 0.29) is 18.1 Å². The molecule has 0 aromatic rings. The summed E-state index contributed by atoms with van der Waals surface area (Å²) in [7, 11) is 1.77. The van der Waals surface area contributed by atoms with Crippen LogP contribution >= 0.6 is 0 Å². The number of carbonyl (C=O) groups is 1. The molecule has 0 aliphatic carbocycles. The van der Waals surface area contributed by atoms with Gasteiger partial charge in [0.1, 0.15) is 0 Å². The Morgan fingerprint density at radius 2 is 2.00 bits per heavy atom. The summed E-state index contributed by atoms with van der Waals surface area (Å²) in [6.07, 6.45) is 2.57. The zero-order valence-corrected chi connectivity index (χ0v) is 10.1. The fourth-order valence-corrected chi connectivity index (χ4v) is 1.27. The van der Waals surface area contributed by atoms with Crippen LogP contribution in [0.3, 0.4) is 0 Å². The second-order valence-electron chi connectivity index (χ2n) is 4.32. The average molecular weight is 216 g/mol. The number of carbonyl (C=O) groups excluding carboxylic acids is 1. The van der Waals surface area contributed by atoms with Crippen molar-refractivity contribution in [2.75, 3.05) is 13.6 Å². The Labute approximate surface area is 92.4 Å². The minimum atomic E-state index is -0.343. The first-order valence-electron chi connectivity index (χ1n) is 5.61. The van der Waals surface area contributed by atoms with Crippen LogP contribution < -0.4 is 5.73 Å². The maximum absolute atomic E-state index is 11.5. The molecule has 0 spiro atoms. The lowest BCUT2D eigenvalue weighted by atomic mass is 10.1. The largest absolute Gasteiger partial charge is 0.393 e. The quantitative estimate of drug-likeness (QED) is 0.659. The molecule has 2 atom stereocenters. The number of hydrogen-bond donors (Lipinski definition) is 2. The van der Waals surface area contributed by atoms with Gasteiger partial charge in [-0.25, -0.2) is 0 Å². The lowest BCUT2D eigenvalue weighted by Gasteiger charge is -2.18. The molecule has 0 saturated heterocycles. The number of nitrogens with zero attached hydrogens (tertiary/aromatic N) is 1. The molecule has 2 unspecified atom stereocenters. The highest BCUT2D eigenvalue weighted by Gasteiger charge is 2.09. The van der Waals surface area contributed by atoms with Gasteiger partial charge in [-0.3, -0.25) is 4.79 Å². The van der Waals surface area contributed by atoms with E-state index in [2.05, 4.69) is 0 Å². The van der Waals surface area contributed by atoms with Gasteiger partial charge in [0, 0.05) is 26.1 Å². The molecule has 0 heterocycles. The van der Waals surface area contributed by atoms with Gasteiger partial charge in [0.05, 0.1) is 6.10 Å². The third-order valence-corrected chi connectivity index (χ3v) is 2.36. The van der Waals surface area contributed by atoms with Crippen molar-refractivity contribution in [3.05, 3.63) is 0 Å². The van der Waals surface area contributed by atoms with Crippen molar-refractivity contribution >= 4 is 5.91 Å². The zero-order valence-electron chi connectivity index (χ0n) is 10.1. The summed E-state index contributed by atoms with van der Waals surface area (Å²) in [5.74, 6) is 0.135. The third kappa shape index (κ3) is 8.39. The minimum Gasteiger partial charge on any atom is -0.393 e. The first-order chi connectivity index (χ1) is 6.93. The van der Waals surface area contributed by atoms with E-state index in [9.17, 15) is 4.79 Å². The molecule has 15 heavy (non-hydrogen) atoms. The standard InChI is InChI=1S/C11H24N2O2/c1-9(12)5-4-6-11(15)13(3)8-7-10(2)14/h9-10,14H,4-8,12H2,1-3H3. The first-order valence-corrected chi connectivity index (χ1v) is 5.61. The topological polar surface area (TPSA) is 66.6 Å². The zero-order chi connectivity index (χ0) is 11.8. The van der Waals surface area contributed by atoms with Crippen LogP contribution in [-0.4, -0.2) is 41.7 Å². The molecule has 4 heteroatoms.